The summed E-state index contributed by atoms with van der Waals surface area (Å²) in [5.41, 5.74) is 5.93. The number of carbonyl (C=O) groups is 1. The Balaban J connectivity index is 0.000000277. The molecule has 2 aromatic carbocycles. The fraction of sp³-hybridized carbons (Fsp3) is 0.0714. The molecule has 23 heavy (non-hydrogen) atoms. The molecule has 0 saturated carbocycles. The second kappa shape index (κ2) is 7.73. The number of nitrogens with one attached hydrogen (secondary N) is 1. The van der Waals surface area contributed by atoms with Gasteiger partial charge in [0.05, 0.1) is 5.69 Å². The van der Waals surface area contributed by atoms with Crippen molar-refractivity contribution in [3.63, 3.8) is 0 Å². The number of nitrogens with two attached hydrogens (primary N) is 1. The zero-order valence-corrected chi connectivity index (χ0v) is 14.0. The number of rotatable bonds is 2. The first-order valence-corrected chi connectivity index (χ1v) is 9.69. The first kappa shape index (κ1) is 18.6. The van der Waals surface area contributed by atoms with Gasteiger partial charge < -0.3 is 10.8 Å². The predicted octanol–water partition coefficient (Wildman–Crippen LogP) is -0.114. The van der Waals surface area contributed by atoms with Gasteiger partial charge in [-0.1, -0.05) is 12.1 Å². The summed E-state index contributed by atoms with van der Waals surface area (Å²) < 4.78 is 28.4. The summed E-state index contributed by atoms with van der Waals surface area (Å²) in [6.07, 6.45) is 0. The second-order valence-corrected chi connectivity index (χ2v) is 7.78. The first-order chi connectivity index (χ1) is 10.6. The van der Waals surface area contributed by atoms with Crippen molar-refractivity contribution in [2.75, 3.05) is 11.1 Å². The minimum Gasteiger partial charge on any atom is -0.506 e. The summed E-state index contributed by atoms with van der Waals surface area (Å²) in [6, 6.07) is 10.2. The summed E-state index contributed by atoms with van der Waals surface area (Å²) in [6.45, 7) is 1.27. The fourth-order valence-corrected chi connectivity index (χ4v) is 2.95. The molecule has 0 fully saturated rings. The van der Waals surface area contributed by atoms with Crippen molar-refractivity contribution in [1.82, 2.24) is 0 Å². The van der Waals surface area contributed by atoms with Crippen LogP contribution in [0.25, 0.3) is 0 Å². The molecule has 8 nitrogen and oxygen atoms in total. The molecule has 0 heterocycles. The van der Waals surface area contributed by atoms with E-state index >= 15 is 0 Å². The third kappa shape index (κ3) is 6.07. The Labute approximate surface area is 135 Å². The molecule has 124 valence electrons. The first-order valence-electron chi connectivity index (χ1n) is 6.31. The summed E-state index contributed by atoms with van der Waals surface area (Å²) >= 11 is -5.15. The quantitative estimate of drug-likeness (QED) is 0.183. The van der Waals surface area contributed by atoms with Gasteiger partial charge in [-0.25, -0.2) is 0 Å². The van der Waals surface area contributed by atoms with E-state index in [0.717, 1.165) is 12.1 Å². The Bertz CT molecular complexity index is 723. The van der Waals surface area contributed by atoms with E-state index in [9.17, 15) is 13.6 Å². The third-order valence-electron chi connectivity index (χ3n) is 2.55. The molecule has 0 aliphatic carbocycles. The van der Waals surface area contributed by atoms with Gasteiger partial charge in [0, 0.05) is 0 Å². The molecule has 2 rings (SSSR count). The number of aromatic hydroxyl groups is 2. The number of anilines is 2. The molecule has 1 amide bonds. The van der Waals surface area contributed by atoms with E-state index in [1.807, 2.05) is 0 Å². The van der Waals surface area contributed by atoms with E-state index in [-0.39, 0.29) is 17.3 Å². The van der Waals surface area contributed by atoms with Gasteiger partial charge in [0.25, 0.3) is 0 Å². The van der Waals surface area contributed by atoms with Gasteiger partial charge in [-0.2, -0.15) is 0 Å². The number of para-hydroxylation sites is 2. The van der Waals surface area contributed by atoms with Crippen molar-refractivity contribution >= 4 is 35.8 Å². The Kier molecular flexibility index (Phi) is 6.26. The van der Waals surface area contributed by atoms with E-state index in [1.54, 1.807) is 24.3 Å². The molecule has 9 heteroatoms. The number of amides is 1. The van der Waals surface area contributed by atoms with Crippen LogP contribution in [0.15, 0.2) is 42.5 Å². The number of hydrogen-bond acceptors (Lipinski definition) is 5. The van der Waals surface area contributed by atoms with Crippen molar-refractivity contribution in [2.24, 2.45) is 0 Å². The van der Waals surface area contributed by atoms with Crippen LogP contribution >= 0.6 is 0 Å². The van der Waals surface area contributed by atoms with Crippen LogP contribution in [0.5, 0.6) is 11.5 Å². The summed E-state index contributed by atoms with van der Waals surface area (Å²) in [7, 11) is 0. The molecule has 7 N–H and O–H groups in total. The molecule has 0 atom stereocenters. The van der Waals surface area contributed by atoms with Crippen molar-refractivity contribution in [3.8, 4) is 11.5 Å². The van der Waals surface area contributed by atoms with Crippen molar-refractivity contribution in [3.05, 3.63) is 42.5 Å². The Morgan fingerprint density at radius 3 is 2.13 bits per heavy atom. The van der Waals surface area contributed by atoms with Crippen LogP contribution in [0.2, 0.25) is 0 Å². The molecule has 0 radical (unpaired) electrons. The molecular formula is C14H17AsN2O6. The normalized spacial score (nSPS) is 10.4. The van der Waals surface area contributed by atoms with E-state index < -0.39 is 24.3 Å². The number of phenolic OH excluding ortho intramolecular Hbond substituents is 2. The largest absolute Gasteiger partial charge is 0.506 e. The van der Waals surface area contributed by atoms with Gasteiger partial charge in [0.2, 0.25) is 0 Å². The number of carbonyl (C=O) groups excluding carboxylic acids is 1. The SMILES string of the molecule is CC(=O)Nc1ccc(O)c([As](=O)(O)O)c1.Nc1ccccc1O. The topological polar surface area (TPSA) is 153 Å². The standard InChI is InChI=1S/C8H10AsNO5.C6H7NO/c1-5(11)10-6-2-3-8(12)7(4-6)9(13,14)15;7-5-3-1-2-4-6(5)8/h2-4,12H,1H3,(H,10,11)(H2,13,14,15);1-4,8H,7H2. The summed E-state index contributed by atoms with van der Waals surface area (Å²) in [4.78, 5) is 10.7. The average Bonchev–Trinajstić information content (AvgIpc) is 2.43. The average molecular weight is 384 g/mol. The number of nitrogen functional groups attached to an aromatic ring is 1. The maximum atomic E-state index is 11.0. The number of benzene rings is 2. The zero-order valence-electron chi connectivity index (χ0n) is 12.2. The van der Waals surface area contributed by atoms with Crippen LogP contribution < -0.4 is 15.4 Å². The molecular weight excluding hydrogens is 367 g/mol. The molecule has 0 aliphatic rings. The van der Waals surface area contributed by atoms with Crippen LogP contribution in [0.1, 0.15) is 6.92 Å². The Morgan fingerprint density at radius 1 is 1.09 bits per heavy atom. The van der Waals surface area contributed by atoms with Gasteiger partial charge in [-0.15, -0.1) is 0 Å². The van der Waals surface area contributed by atoms with Crippen LogP contribution in [0.3, 0.4) is 0 Å². The third-order valence-corrected chi connectivity index (χ3v) is 4.61. The van der Waals surface area contributed by atoms with E-state index in [2.05, 4.69) is 5.32 Å². The van der Waals surface area contributed by atoms with Crippen LogP contribution in [-0.4, -0.2) is 38.5 Å². The second-order valence-electron chi connectivity index (χ2n) is 4.49. The molecule has 0 spiro atoms. The number of hydrogen-bond donors (Lipinski definition) is 6. The summed E-state index contributed by atoms with van der Waals surface area (Å²) in [5, 5.41) is 20.4. The molecule has 0 saturated heterocycles. The molecule has 0 aromatic heterocycles. The Morgan fingerprint density at radius 2 is 1.70 bits per heavy atom. The molecule has 0 unspecified atom stereocenters. The van der Waals surface area contributed by atoms with Gasteiger partial charge in [-0.3, -0.25) is 0 Å². The smallest absolute Gasteiger partial charge is 0.138 e. The zero-order chi connectivity index (χ0) is 17.6. The van der Waals surface area contributed by atoms with Gasteiger partial charge in [-0.05, 0) is 12.1 Å². The van der Waals surface area contributed by atoms with E-state index in [1.165, 1.54) is 13.0 Å². The van der Waals surface area contributed by atoms with Gasteiger partial charge in [0.15, 0.2) is 0 Å². The van der Waals surface area contributed by atoms with E-state index in [0.29, 0.717) is 5.69 Å². The monoisotopic (exact) mass is 384 g/mol. The fourth-order valence-electron chi connectivity index (χ4n) is 1.53. The Hall–Kier alpha value is -2.41. The maximum Gasteiger partial charge on any atom is 0.138 e. The van der Waals surface area contributed by atoms with Crippen LogP contribution in [-0.2, 0) is 8.53 Å². The number of phenols is 2. The maximum absolute atomic E-state index is 11.0. The molecule has 0 bridgehead atoms. The van der Waals surface area contributed by atoms with Crippen molar-refractivity contribution in [2.45, 2.75) is 6.92 Å². The molecule has 2 aromatic rings. The van der Waals surface area contributed by atoms with Gasteiger partial charge in [0.1, 0.15) is 5.75 Å². The van der Waals surface area contributed by atoms with Gasteiger partial charge >= 0.3 is 88.1 Å². The van der Waals surface area contributed by atoms with Crippen LogP contribution in [0, 0.1) is 0 Å². The van der Waals surface area contributed by atoms with Crippen molar-refractivity contribution in [1.29, 1.82) is 0 Å². The summed E-state index contributed by atoms with van der Waals surface area (Å²) in [5.74, 6) is -0.686. The minimum atomic E-state index is -5.15. The van der Waals surface area contributed by atoms with E-state index in [4.69, 9.17) is 19.0 Å². The van der Waals surface area contributed by atoms with Crippen LogP contribution in [0.4, 0.5) is 11.4 Å². The molecule has 0 aliphatic heterocycles. The van der Waals surface area contributed by atoms with Crippen molar-refractivity contribution < 1.29 is 26.9 Å². The predicted molar refractivity (Wildman–Crippen MR) is 85.4 cm³/mol. The minimum absolute atomic E-state index is 0.146.